The SMILES string of the molecule is CCc1ccccc1NS(=O)(=O)c1ccc2c(c1)N(C(C)=O)CC(C)S2. The Labute approximate surface area is 158 Å². The van der Waals surface area contributed by atoms with E-state index in [0.717, 1.165) is 16.9 Å². The van der Waals surface area contributed by atoms with E-state index in [1.807, 2.05) is 19.1 Å². The van der Waals surface area contributed by atoms with E-state index in [4.69, 9.17) is 0 Å². The molecule has 0 spiro atoms. The number of hydrogen-bond donors (Lipinski definition) is 1. The van der Waals surface area contributed by atoms with Crippen LogP contribution in [0.25, 0.3) is 0 Å². The molecule has 0 fully saturated rings. The maximum atomic E-state index is 12.9. The second-order valence-corrected chi connectivity index (χ2v) is 9.47. The lowest BCUT2D eigenvalue weighted by Crippen LogP contribution is -2.37. The van der Waals surface area contributed by atoms with Crippen molar-refractivity contribution in [1.29, 1.82) is 0 Å². The second-order valence-electron chi connectivity index (χ2n) is 6.30. The molecule has 1 aliphatic rings. The van der Waals surface area contributed by atoms with E-state index in [9.17, 15) is 13.2 Å². The molecule has 26 heavy (non-hydrogen) atoms. The van der Waals surface area contributed by atoms with Gasteiger partial charge in [-0.15, -0.1) is 11.8 Å². The van der Waals surface area contributed by atoms with Crippen molar-refractivity contribution in [3.05, 3.63) is 48.0 Å². The number of hydrogen-bond acceptors (Lipinski definition) is 4. The molecule has 1 N–H and O–H groups in total. The molecule has 1 heterocycles. The Hall–Kier alpha value is -1.99. The van der Waals surface area contributed by atoms with Crippen LogP contribution in [0.3, 0.4) is 0 Å². The summed E-state index contributed by atoms with van der Waals surface area (Å²) in [4.78, 5) is 14.7. The molecule has 0 bridgehead atoms. The maximum absolute atomic E-state index is 12.9. The summed E-state index contributed by atoms with van der Waals surface area (Å²) in [6, 6.07) is 12.3. The van der Waals surface area contributed by atoms with Gasteiger partial charge in [0.15, 0.2) is 0 Å². The van der Waals surface area contributed by atoms with Crippen molar-refractivity contribution >= 4 is 39.1 Å². The van der Waals surface area contributed by atoms with Crippen LogP contribution >= 0.6 is 11.8 Å². The molecule has 0 saturated heterocycles. The number of rotatable bonds is 4. The lowest BCUT2D eigenvalue weighted by molar-refractivity contribution is -0.116. The predicted octanol–water partition coefficient (Wildman–Crippen LogP) is 3.90. The molecule has 2 aromatic rings. The van der Waals surface area contributed by atoms with E-state index >= 15 is 0 Å². The third kappa shape index (κ3) is 3.73. The molecule has 5 nitrogen and oxygen atoms in total. The van der Waals surface area contributed by atoms with Crippen molar-refractivity contribution in [2.75, 3.05) is 16.2 Å². The van der Waals surface area contributed by atoms with Crippen LogP contribution in [-0.2, 0) is 21.2 Å². The Kier molecular flexibility index (Phi) is 5.29. The number of carbonyl (C=O) groups excluding carboxylic acids is 1. The number of sulfonamides is 1. The highest BCUT2D eigenvalue weighted by Crippen LogP contribution is 2.40. The predicted molar refractivity (Wildman–Crippen MR) is 106 cm³/mol. The molecule has 0 aliphatic carbocycles. The number of thioether (sulfide) groups is 1. The number of fused-ring (bicyclic) bond motifs is 1. The van der Waals surface area contributed by atoms with Gasteiger partial charge in [0.2, 0.25) is 5.91 Å². The lowest BCUT2D eigenvalue weighted by atomic mass is 10.1. The maximum Gasteiger partial charge on any atom is 0.261 e. The van der Waals surface area contributed by atoms with Gasteiger partial charge in [0.25, 0.3) is 10.0 Å². The van der Waals surface area contributed by atoms with Gasteiger partial charge in [0.05, 0.1) is 16.3 Å². The fraction of sp³-hybridized carbons (Fsp3) is 0.316. The normalized spacial score (nSPS) is 16.9. The largest absolute Gasteiger partial charge is 0.310 e. The summed E-state index contributed by atoms with van der Waals surface area (Å²) in [5.74, 6) is -0.0859. The second kappa shape index (κ2) is 7.32. The van der Waals surface area contributed by atoms with Gasteiger partial charge in [0.1, 0.15) is 0 Å². The number of carbonyl (C=O) groups is 1. The van der Waals surface area contributed by atoms with Gasteiger partial charge in [-0.25, -0.2) is 8.42 Å². The molecule has 2 aromatic carbocycles. The molecule has 1 unspecified atom stereocenters. The number of amides is 1. The van der Waals surface area contributed by atoms with Crippen LogP contribution in [0.1, 0.15) is 26.3 Å². The standard InChI is InChI=1S/C19H22N2O3S2/c1-4-15-7-5-6-8-17(15)20-26(23,24)16-9-10-19-18(11-16)21(14(3)22)12-13(2)25-19/h5-11,13,20H,4,12H2,1-3H3. The van der Waals surface area contributed by atoms with Gasteiger partial charge < -0.3 is 4.90 Å². The first-order chi connectivity index (χ1) is 12.3. The zero-order valence-corrected chi connectivity index (χ0v) is 16.7. The molecule has 1 amide bonds. The van der Waals surface area contributed by atoms with Crippen LogP contribution in [0.2, 0.25) is 0 Å². The Morgan fingerprint density at radius 1 is 1.27 bits per heavy atom. The van der Waals surface area contributed by atoms with Crippen molar-refractivity contribution in [3.63, 3.8) is 0 Å². The molecule has 1 atom stereocenters. The van der Waals surface area contributed by atoms with E-state index in [-0.39, 0.29) is 16.1 Å². The van der Waals surface area contributed by atoms with Crippen LogP contribution in [0.4, 0.5) is 11.4 Å². The van der Waals surface area contributed by atoms with E-state index in [0.29, 0.717) is 17.9 Å². The molecule has 0 radical (unpaired) electrons. The number of nitrogens with one attached hydrogen (secondary N) is 1. The van der Waals surface area contributed by atoms with Crippen molar-refractivity contribution in [1.82, 2.24) is 0 Å². The van der Waals surface area contributed by atoms with Crippen LogP contribution in [-0.4, -0.2) is 26.1 Å². The Morgan fingerprint density at radius 3 is 2.69 bits per heavy atom. The number of benzene rings is 2. The highest BCUT2D eigenvalue weighted by molar-refractivity contribution is 8.00. The van der Waals surface area contributed by atoms with E-state index in [2.05, 4.69) is 11.6 Å². The third-order valence-electron chi connectivity index (χ3n) is 4.32. The molecule has 1 aliphatic heterocycles. The number of aryl methyl sites for hydroxylation is 1. The molecular formula is C19H22N2O3S2. The van der Waals surface area contributed by atoms with Crippen molar-refractivity contribution < 1.29 is 13.2 Å². The van der Waals surface area contributed by atoms with Crippen LogP contribution in [0.5, 0.6) is 0 Å². The Morgan fingerprint density at radius 2 is 2.00 bits per heavy atom. The van der Waals surface area contributed by atoms with Gasteiger partial charge >= 0.3 is 0 Å². The minimum Gasteiger partial charge on any atom is -0.310 e. The monoisotopic (exact) mass is 390 g/mol. The first-order valence-corrected chi connectivity index (χ1v) is 10.9. The zero-order valence-electron chi connectivity index (χ0n) is 15.0. The Balaban J connectivity index is 1.99. The van der Waals surface area contributed by atoms with Gasteiger partial charge in [-0.2, -0.15) is 0 Å². The number of nitrogens with zero attached hydrogens (tertiary/aromatic N) is 1. The molecule has 3 rings (SSSR count). The third-order valence-corrected chi connectivity index (χ3v) is 6.84. The number of para-hydroxylation sites is 1. The van der Waals surface area contributed by atoms with E-state index in [1.54, 1.807) is 47.0 Å². The summed E-state index contributed by atoms with van der Waals surface area (Å²) >= 11 is 1.65. The lowest BCUT2D eigenvalue weighted by Gasteiger charge is -2.32. The van der Waals surface area contributed by atoms with Gasteiger partial charge in [-0.1, -0.05) is 32.0 Å². The van der Waals surface area contributed by atoms with Crippen molar-refractivity contribution in [2.45, 2.75) is 42.2 Å². The molecule has 0 aromatic heterocycles. The van der Waals surface area contributed by atoms with Crippen LogP contribution < -0.4 is 9.62 Å². The molecule has 7 heteroatoms. The van der Waals surface area contributed by atoms with Gasteiger partial charge in [-0.05, 0) is 36.2 Å². The minimum absolute atomic E-state index is 0.0859. The highest BCUT2D eigenvalue weighted by atomic mass is 32.2. The summed E-state index contributed by atoms with van der Waals surface area (Å²) < 4.78 is 28.4. The van der Waals surface area contributed by atoms with Crippen LogP contribution in [0, 0.1) is 0 Å². The fourth-order valence-electron chi connectivity index (χ4n) is 3.01. The first kappa shape index (κ1) is 18.8. The summed E-state index contributed by atoms with van der Waals surface area (Å²) in [6.45, 7) is 6.11. The molecular weight excluding hydrogens is 368 g/mol. The van der Waals surface area contributed by atoms with Crippen molar-refractivity contribution in [2.24, 2.45) is 0 Å². The average molecular weight is 391 g/mol. The Bertz CT molecular complexity index is 942. The number of anilines is 2. The zero-order chi connectivity index (χ0) is 18.9. The van der Waals surface area contributed by atoms with Gasteiger partial charge in [-0.3, -0.25) is 9.52 Å². The molecule has 0 saturated carbocycles. The van der Waals surface area contributed by atoms with Gasteiger partial charge in [0, 0.05) is 23.6 Å². The minimum atomic E-state index is -3.74. The van der Waals surface area contributed by atoms with E-state index in [1.165, 1.54) is 6.92 Å². The summed E-state index contributed by atoms with van der Waals surface area (Å²) in [5, 5.41) is 0.267. The average Bonchev–Trinajstić information content (AvgIpc) is 2.60. The highest BCUT2D eigenvalue weighted by Gasteiger charge is 2.27. The smallest absolute Gasteiger partial charge is 0.261 e. The summed E-state index contributed by atoms with van der Waals surface area (Å²) in [5.41, 5.74) is 2.18. The summed E-state index contributed by atoms with van der Waals surface area (Å²) in [7, 11) is -3.74. The molecule has 138 valence electrons. The van der Waals surface area contributed by atoms with Crippen LogP contribution in [0.15, 0.2) is 52.3 Å². The van der Waals surface area contributed by atoms with E-state index < -0.39 is 10.0 Å². The topological polar surface area (TPSA) is 66.5 Å². The summed E-state index contributed by atoms with van der Waals surface area (Å²) in [6.07, 6.45) is 0.732. The first-order valence-electron chi connectivity index (χ1n) is 8.51. The quantitative estimate of drug-likeness (QED) is 0.860. The fourth-order valence-corrected chi connectivity index (χ4v) is 5.23. The van der Waals surface area contributed by atoms with Crippen molar-refractivity contribution in [3.8, 4) is 0 Å².